The zero-order chi connectivity index (χ0) is 13.0. The van der Waals surface area contributed by atoms with E-state index in [0.717, 1.165) is 19.4 Å². The van der Waals surface area contributed by atoms with Crippen molar-refractivity contribution in [3.63, 3.8) is 0 Å². The second kappa shape index (κ2) is 6.11. The topological polar surface area (TPSA) is 12.0 Å². The van der Waals surface area contributed by atoms with Gasteiger partial charge in [-0.25, -0.2) is 8.78 Å². The SMILES string of the molecule is CC(Cc1cccs1)NCC1CCCC(F)(F)C1. The van der Waals surface area contributed by atoms with Crippen LogP contribution in [-0.2, 0) is 6.42 Å². The van der Waals surface area contributed by atoms with Crippen LogP contribution >= 0.6 is 11.3 Å². The van der Waals surface area contributed by atoms with Crippen molar-refractivity contribution in [3.8, 4) is 0 Å². The molecule has 1 aromatic rings. The summed E-state index contributed by atoms with van der Waals surface area (Å²) >= 11 is 1.75. The van der Waals surface area contributed by atoms with Gasteiger partial charge in [0.25, 0.3) is 0 Å². The summed E-state index contributed by atoms with van der Waals surface area (Å²) in [5.74, 6) is -2.29. The molecule has 102 valence electrons. The van der Waals surface area contributed by atoms with Crippen LogP contribution in [0.4, 0.5) is 8.78 Å². The molecule has 1 saturated carbocycles. The molecule has 2 rings (SSSR count). The highest BCUT2D eigenvalue weighted by Gasteiger charge is 2.35. The Hall–Kier alpha value is -0.480. The normalized spacial score (nSPS) is 24.9. The van der Waals surface area contributed by atoms with Gasteiger partial charge in [-0.1, -0.05) is 6.07 Å². The van der Waals surface area contributed by atoms with E-state index in [0.29, 0.717) is 12.5 Å². The maximum Gasteiger partial charge on any atom is 0.248 e. The van der Waals surface area contributed by atoms with Gasteiger partial charge in [-0.05, 0) is 50.1 Å². The highest BCUT2D eigenvalue weighted by molar-refractivity contribution is 7.09. The van der Waals surface area contributed by atoms with Crippen LogP contribution in [0.15, 0.2) is 17.5 Å². The van der Waals surface area contributed by atoms with E-state index in [9.17, 15) is 8.78 Å². The zero-order valence-electron chi connectivity index (χ0n) is 10.8. The molecule has 0 amide bonds. The molecule has 2 atom stereocenters. The predicted octanol–water partition coefficient (Wildman–Crippen LogP) is 4.09. The molecule has 18 heavy (non-hydrogen) atoms. The minimum atomic E-state index is -2.43. The summed E-state index contributed by atoms with van der Waals surface area (Å²) in [6.07, 6.45) is 2.73. The molecule has 0 aliphatic heterocycles. The minimum Gasteiger partial charge on any atom is -0.314 e. The van der Waals surface area contributed by atoms with E-state index < -0.39 is 5.92 Å². The Bertz CT molecular complexity index is 351. The molecular formula is C14H21F2NS. The lowest BCUT2D eigenvalue weighted by Gasteiger charge is -2.29. The van der Waals surface area contributed by atoms with E-state index in [1.165, 1.54) is 4.88 Å². The molecule has 0 aromatic carbocycles. The van der Waals surface area contributed by atoms with Gasteiger partial charge in [-0.3, -0.25) is 0 Å². The largest absolute Gasteiger partial charge is 0.314 e. The van der Waals surface area contributed by atoms with Crippen LogP contribution < -0.4 is 5.32 Å². The van der Waals surface area contributed by atoms with E-state index in [1.807, 2.05) is 0 Å². The lowest BCUT2D eigenvalue weighted by molar-refractivity contribution is -0.0522. The number of rotatable bonds is 5. The van der Waals surface area contributed by atoms with Crippen LogP contribution in [0.3, 0.4) is 0 Å². The smallest absolute Gasteiger partial charge is 0.248 e. The Kier molecular flexibility index (Phi) is 4.73. The van der Waals surface area contributed by atoms with Crippen molar-refractivity contribution in [2.45, 2.75) is 51.0 Å². The maximum absolute atomic E-state index is 13.3. The number of nitrogens with one attached hydrogen (secondary N) is 1. The summed E-state index contributed by atoms with van der Waals surface area (Å²) < 4.78 is 26.5. The van der Waals surface area contributed by atoms with E-state index in [4.69, 9.17) is 0 Å². The van der Waals surface area contributed by atoms with Crippen molar-refractivity contribution in [3.05, 3.63) is 22.4 Å². The zero-order valence-corrected chi connectivity index (χ0v) is 11.6. The summed E-state index contributed by atoms with van der Waals surface area (Å²) in [6, 6.07) is 4.53. The van der Waals surface area contributed by atoms with Crippen molar-refractivity contribution >= 4 is 11.3 Å². The quantitative estimate of drug-likeness (QED) is 0.852. The number of halogens is 2. The van der Waals surface area contributed by atoms with Gasteiger partial charge in [-0.15, -0.1) is 11.3 Å². The molecule has 1 fully saturated rings. The summed E-state index contributed by atoms with van der Waals surface area (Å²) in [4.78, 5) is 1.35. The third-order valence-electron chi connectivity index (χ3n) is 3.58. The number of alkyl halides is 2. The molecular weight excluding hydrogens is 252 g/mol. The van der Waals surface area contributed by atoms with Crippen molar-refractivity contribution < 1.29 is 8.78 Å². The van der Waals surface area contributed by atoms with Gasteiger partial charge in [0.05, 0.1) is 0 Å². The van der Waals surface area contributed by atoms with Gasteiger partial charge in [0, 0.05) is 23.8 Å². The van der Waals surface area contributed by atoms with E-state index in [2.05, 4.69) is 29.8 Å². The van der Waals surface area contributed by atoms with Crippen LogP contribution in [0.1, 0.15) is 37.5 Å². The van der Waals surface area contributed by atoms with Crippen LogP contribution in [0.25, 0.3) is 0 Å². The Morgan fingerprint density at radius 3 is 3.06 bits per heavy atom. The fourth-order valence-electron chi connectivity index (χ4n) is 2.62. The maximum atomic E-state index is 13.3. The molecule has 1 heterocycles. The van der Waals surface area contributed by atoms with Gasteiger partial charge in [-0.2, -0.15) is 0 Å². The second-order valence-electron chi connectivity index (χ2n) is 5.41. The Morgan fingerprint density at radius 2 is 2.39 bits per heavy atom. The molecule has 1 aromatic heterocycles. The van der Waals surface area contributed by atoms with Crippen molar-refractivity contribution in [2.75, 3.05) is 6.54 Å². The molecule has 0 saturated heterocycles. The molecule has 1 aliphatic rings. The Morgan fingerprint density at radius 1 is 1.56 bits per heavy atom. The van der Waals surface area contributed by atoms with Crippen LogP contribution in [0.5, 0.6) is 0 Å². The molecule has 0 radical (unpaired) electrons. The standard InChI is InChI=1S/C14H21F2NS/c1-11(8-13-5-3-7-18-13)17-10-12-4-2-6-14(15,16)9-12/h3,5,7,11-12,17H,2,4,6,8-10H2,1H3. The molecule has 4 heteroatoms. The number of thiophene rings is 1. The minimum absolute atomic E-state index is 0.0612. The second-order valence-corrected chi connectivity index (χ2v) is 6.44. The van der Waals surface area contributed by atoms with Crippen LogP contribution in [0.2, 0.25) is 0 Å². The fourth-order valence-corrected chi connectivity index (χ4v) is 3.46. The van der Waals surface area contributed by atoms with Gasteiger partial charge >= 0.3 is 0 Å². The highest BCUT2D eigenvalue weighted by Crippen LogP contribution is 2.36. The molecule has 0 bridgehead atoms. The average molecular weight is 273 g/mol. The number of hydrogen-bond acceptors (Lipinski definition) is 2. The number of hydrogen-bond donors (Lipinski definition) is 1. The molecule has 0 spiro atoms. The molecule has 2 unspecified atom stereocenters. The Balaban J connectivity index is 1.71. The fraction of sp³-hybridized carbons (Fsp3) is 0.714. The van der Waals surface area contributed by atoms with Crippen molar-refractivity contribution in [1.29, 1.82) is 0 Å². The molecule has 1 aliphatic carbocycles. The summed E-state index contributed by atoms with van der Waals surface area (Å²) in [6.45, 7) is 2.85. The van der Waals surface area contributed by atoms with Crippen molar-refractivity contribution in [1.82, 2.24) is 5.32 Å². The van der Waals surface area contributed by atoms with Crippen LogP contribution in [-0.4, -0.2) is 18.5 Å². The van der Waals surface area contributed by atoms with E-state index in [1.54, 1.807) is 11.3 Å². The summed E-state index contributed by atoms with van der Waals surface area (Å²) in [5, 5.41) is 5.47. The van der Waals surface area contributed by atoms with Crippen LogP contribution in [0, 0.1) is 5.92 Å². The lowest BCUT2D eigenvalue weighted by Crippen LogP contribution is -2.37. The van der Waals surface area contributed by atoms with Gasteiger partial charge in [0.2, 0.25) is 5.92 Å². The molecule has 1 nitrogen and oxygen atoms in total. The first-order valence-corrected chi connectivity index (χ1v) is 7.57. The van der Waals surface area contributed by atoms with E-state index >= 15 is 0 Å². The molecule has 1 N–H and O–H groups in total. The third kappa shape index (κ3) is 4.32. The van der Waals surface area contributed by atoms with Gasteiger partial charge < -0.3 is 5.32 Å². The highest BCUT2D eigenvalue weighted by atomic mass is 32.1. The first-order valence-electron chi connectivity index (χ1n) is 6.69. The van der Waals surface area contributed by atoms with E-state index in [-0.39, 0.29) is 18.8 Å². The van der Waals surface area contributed by atoms with Gasteiger partial charge in [0.15, 0.2) is 0 Å². The summed E-state index contributed by atoms with van der Waals surface area (Å²) in [7, 11) is 0. The lowest BCUT2D eigenvalue weighted by atomic mass is 9.86. The first-order chi connectivity index (χ1) is 8.55. The van der Waals surface area contributed by atoms with Crippen molar-refractivity contribution in [2.24, 2.45) is 5.92 Å². The Labute approximate surface area is 112 Å². The average Bonchev–Trinajstić information content (AvgIpc) is 2.78. The monoisotopic (exact) mass is 273 g/mol. The predicted molar refractivity (Wildman–Crippen MR) is 72.4 cm³/mol. The third-order valence-corrected chi connectivity index (χ3v) is 4.48. The first kappa shape index (κ1) is 13.9. The summed E-state index contributed by atoms with van der Waals surface area (Å²) in [5.41, 5.74) is 0. The van der Waals surface area contributed by atoms with Gasteiger partial charge in [0.1, 0.15) is 0 Å².